The van der Waals surface area contributed by atoms with E-state index in [1.54, 1.807) is 0 Å². The highest BCUT2D eigenvalue weighted by atomic mass is 32.2. The predicted octanol–water partition coefficient (Wildman–Crippen LogP) is 2.31. The monoisotopic (exact) mass is 354 g/mol. The fraction of sp³-hybridized carbons (Fsp3) is 0.588. The molecule has 1 aromatic rings. The van der Waals surface area contributed by atoms with Crippen molar-refractivity contribution in [3.05, 3.63) is 35.4 Å². The number of ether oxygens (including phenoxy) is 1. The van der Waals surface area contributed by atoms with Crippen molar-refractivity contribution >= 4 is 16.2 Å². The van der Waals surface area contributed by atoms with Gasteiger partial charge in [-0.3, -0.25) is 4.79 Å². The molecular formula is C17H26N2O4S. The zero-order chi connectivity index (χ0) is 17.6. The van der Waals surface area contributed by atoms with Gasteiger partial charge in [0.15, 0.2) is 0 Å². The van der Waals surface area contributed by atoms with E-state index in [4.69, 9.17) is 4.74 Å². The molecule has 0 unspecified atom stereocenters. The van der Waals surface area contributed by atoms with E-state index in [9.17, 15) is 13.2 Å². The molecule has 1 atom stereocenters. The number of hydrogen-bond acceptors (Lipinski definition) is 4. The number of aryl methyl sites for hydroxylation is 1. The number of carbonyl (C=O) groups excluding carboxylic acids is 1. The van der Waals surface area contributed by atoms with Crippen molar-refractivity contribution in [2.75, 3.05) is 20.2 Å². The van der Waals surface area contributed by atoms with Crippen LogP contribution in [0.3, 0.4) is 0 Å². The normalized spacial score (nSPS) is 17.9. The number of hydrogen-bond donors (Lipinski definition) is 1. The lowest BCUT2D eigenvalue weighted by Gasteiger charge is -2.25. The van der Waals surface area contributed by atoms with Gasteiger partial charge in [0, 0.05) is 13.1 Å². The van der Waals surface area contributed by atoms with Crippen molar-refractivity contribution in [1.82, 2.24) is 9.03 Å². The van der Waals surface area contributed by atoms with Gasteiger partial charge in [-0.1, -0.05) is 42.7 Å². The maximum atomic E-state index is 12.7. The van der Waals surface area contributed by atoms with Crippen LogP contribution < -0.4 is 4.72 Å². The summed E-state index contributed by atoms with van der Waals surface area (Å²) in [6, 6.07) is 6.85. The van der Waals surface area contributed by atoms with Crippen LogP contribution >= 0.6 is 0 Å². The average molecular weight is 354 g/mol. The molecule has 24 heavy (non-hydrogen) atoms. The highest BCUT2D eigenvalue weighted by Gasteiger charge is 2.28. The third kappa shape index (κ3) is 5.29. The second kappa shape index (κ2) is 8.60. The Balaban J connectivity index is 2.19. The van der Waals surface area contributed by atoms with E-state index >= 15 is 0 Å². The Kier molecular flexibility index (Phi) is 6.77. The molecule has 0 aliphatic carbocycles. The topological polar surface area (TPSA) is 75.7 Å². The molecule has 134 valence electrons. The first-order valence-corrected chi connectivity index (χ1v) is 9.77. The molecule has 1 aromatic carbocycles. The Morgan fingerprint density at radius 3 is 2.29 bits per heavy atom. The van der Waals surface area contributed by atoms with Crippen LogP contribution in [0.1, 0.15) is 49.3 Å². The summed E-state index contributed by atoms with van der Waals surface area (Å²) in [6.07, 6.45) is 3.80. The van der Waals surface area contributed by atoms with Crippen LogP contribution in [0, 0.1) is 6.92 Å². The first-order valence-electron chi connectivity index (χ1n) is 8.33. The van der Waals surface area contributed by atoms with Crippen LogP contribution in [-0.2, 0) is 19.7 Å². The summed E-state index contributed by atoms with van der Waals surface area (Å²) in [5.74, 6) is -0.445. The van der Waals surface area contributed by atoms with E-state index in [-0.39, 0.29) is 6.42 Å². The molecule has 1 N–H and O–H groups in total. The molecule has 1 heterocycles. The quantitative estimate of drug-likeness (QED) is 0.796. The zero-order valence-electron chi connectivity index (χ0n) is 14.3. The molecule has 1 saturated heterocycles. The van der Waals surface area contributed by atoms with Crippen LogP contribution in [0.25, 0.3) is 0 Å². The van der Waals surface area contributed by atoms with Crippen molar-refractivity contribution in [1.29, 1.82) is 0 Å². The van der Waals surface area contributed by atoms with E-state index < -0.39 is 22.2 Å². The molecule has 0 saturated carbocycles. The molecule has 1 aliphatic rings. The zero-order valence-corrected chi connectivity index (χ0v) is 15.1. The maximum absolute atomic E-state index is 12.7. The Bertz CT molecular complexity index is 635. The van der Waals surface area contributed by atoms with Crippen molar-refractivity contribution in [2.24, 2.45) is 0 Å². The molecule has 0 radical (unpaired) electrons. The lowest BCUT2D eigenvalue weighted by Crippen LogP contribution is -2.43. The SMILES string of the molecule is COC(=O)C[C@@H](NS(=O)(=O)N1CCCCCC1)c1ccc(C)cc1. The minimum Gasteiger partial charge on any atom is -0.469 e. The summed E-state index contributed by atoms with van der Waals surface area (Å²) in [4.78, 5) is 11.7. The smallest absolute Gasteiger partial charge is 0.307 e. The second-order valence-corrected chi connectivity index (χ2v) is 7.88. The van der Waals surface area contributed by atoms with Gasteiger partial charge in [-0.25, -0.2) is 0 Å². The Hall–Kier alpha value is -1.44. The standard InChI is InChI=1S/C17H26N2O4S/c1-14-7-9-15(10-8-14)16(13-17(20)23-2)18-24(21,22)19-11-5-3-4-6-12-19/h7-10,16,18H,3-6,11-13H2,1-2H3/t16-/m1/s1. The van der Waals surface area contributed by atoms with Crippen molar-refractivity contribution in [3.8, 4) is 0 Å². The number of nitrogens with one attached hydrogen (secondary N) is 1. The first kappa shape index (κ1) is 18.9. The van der Waals surface area contributed by atoms with Crippen LogP contribution in [0.5, 0.6) is 0 Å². The molecule has 7 heteroatoms. The number of carbonyl (C=O) groups is 1. The minimum absolute atomic E-state index is 0.0351. The van der Waals surface area contributed by atoms with Gasteiger partial charge >= 0.3 is 5.97 Å². The minimum atomic E-state index is -3.64. The van der Waals surface area contributed by atoms with Crippen LogP contribution in [-0.4, -0.2) is 38.9 Å². The summed E-state index contributed by atoms with van der Waals surface area (Å²) in [6.45, 7) is 3.00. The summed E-state index contributed by atoms with van der Waals surface area (Å²) < 4.78 is 34.3. The van der Waals surface area contributed by atoms with Crippen LogP contribution in [0.4, 0.5) is 0 Å². The number of esters is 1. The van der Waals surface area contributed by atoms with Crippen molar-refractivity contribution in [2.45, 2.75) is 45.1 Å². The fourth-order valence-electron chi connectivity index (χ4n) is 2.81. The molecule has 0 spiro atoms. The highest BCUT2D eigenvalue weighted by Crippen LogP contribution is 2.21. The number of rotatable bonds is 6. The molecule has 6 nitrogen and oxygen atoms in total. The third-order valence-electron chi connectivity index (χ3n) is 4.27. The molecule has 0 bridgehead atoms. The predicted molar refractivity (Wildman–Crippen MR) is 92.6 cm³/mol. The molecule has 0 amide bonds. The molecule has 1 fully saturated rings. The van der Waals surface area contributed by atoms with E-state index in [1.807, 2.05) is 31.2 Å². The summed E-state index contributed by atoms with van der Waals surface area (Å²) in [5.41, 5.74) is 1.83. The first-order chi connectivity index (χ1) is 11.4. The Labute approximate surface area is 144 Å². The van der Waals surface area contributed by atoms with E-state index in [1.165, 1.54) is 11.4 Å². The van der Waals surface area contributed by atoms with Gasteiger partial charge in [0.1, 0.15) is 0 Å². The number of benzene rings is 1. The lowest BCUT2D eigenvalue weighted by atomic mass is 10.0. The average Bonchev–Trinajstić information content (AvgIpc) is 2.84. The van der Waals surface area contributed by atoms with Crippen LogP contribution in [0.15, 0.2) is 24.3 Å². The summed E-state index contributed by atoms with van der Waals surface area (Å²) >= 11 is 0. The van der Waals surface area contributed by atoms with Gasteiger partial charge in [-0.15, -0.1) is 0 Å². The third-order valence-corrected chi connectivity index (χ3v) is 5.90. The highest BCUT2D eigenvalue weighted by molar-refractivity contribution is 7.87. The molecule has 0 aromatic heterocycles. The van der Waals surface area contributed by atoms with Crippen molar-refractivity contribution < 1.29 is 17.9 Å². The fourth-order valence-corrected chi connectivity index (χ4v) is 4.28. The van der Waals surface area contributed by atoms with Crippen LogP contribution in [0.2, 0.25) is 0 Å². The summed E-state index contributed by atoms with van der Waals surface area (Å²) in [5, 5.41) is 0. The maximum Gasteiger partial charge on any atom is 0.307 e. The van der Waals surface area contributed by atoms with Gasteiger partial charge < -0.3 is 4.74 Å². The van der Waals surface area contributed by atoms with Gasteiger partial charge in [0.25, 0.3) is 10.2 Å². The van der Waals surface area contributed by atoms with Gasteiger partial charge in [-0.05, 0) is 25.3 Å². The second-order valence-electron chi connectivity index (χ2n) is 6.18. The van der Waals surface area contributed by atoms with E-state index in [0.29, 0.717) is 13.1 Å². The Morgan fingerprint density at radius 1 is 1.17 bits per heavy atom. The van der Waals surface area contributed by atoms with E-state index in [0.717, 1.165) is 36.8 Å². The molecular weight excluding hydrogens is 328 g/mol. The van der Waals surface area contributed by atoms with Gasteiger partial charge in [-0.2, -0.15) is 17.4 Å². The van der Waals surface area contributed by atoms with Gasteiger partial charge in [0.2, 0.25) is 0 Å². The lowest BCUT2D eigenvalue weighted by molar-refractivity contribution is -0.141. The van der Waals surface area contributed by atoms with Gasteiger partial charge in [0.05, 0.1) is 19.6 Å². The Morgan fingerprint density at radius 2 is 1.75 bits per heavy atom. The number of nitrogens with zero attached hydrogens (tertiary/aromatic N) is 1. The number of methoxy groups -OCH3 is 1. The summed E-state index contributed by atoms with van der Waals surface area (Å²) in [7, 11) is -2.34. The van der Waals surface area contributed by atoms with E-state index in [2.05, 4.69) is 4.72 Å². The van der Waals surface area contributed by atoms with Crippen molar-refractivity contribution in [3.63, 3.8) is 0 Å². The molecule has 2 rings (SSSR count). The molecule has 1 aliphatic heterocycles. The largest absolute Gasteiger partial charge is 0.469 e.